The third kappa shape index (κ3) is 3.01. The lowest BCUT2D eigenvalue weighted by Gasteiger charge is -2.32. The average Bonchev–Trinajstić information content (AvgIpc) is 2.86. The average molecular weight is 316 g/mol. The van der Waals surface area contributed by atoms with Gasteiger partial charge < -0.3 is 5.32 Å². The molecule has 0 aromatic rings. The van der Waals surface area contributed by atoms with E-state index >= 15 is 0 Å². The van der Waals surface area contributed by atoms with Gasteiger partial charge in [0.05, 0.1) is 22.6 Å². The molecule has 0 radical (unpaired) electrons. The predicted molar refractivity (Wildman–Crippen MR) is 85.1 cm³/mol. The van der Waals surface area contributed by atoms with E-state index in [-0.39, 0.29) is 16.8 Å². The Morgan fingerprint density at radius 2 is 2.00 bits per heavy atom. The third-order valence-corrected chi connectivity index (χ3v) is 7.98. The van der Waals surface area contributed by atoms with Crippen molar-refractivity contribution in [3.8, 4) is 0 Å². The molecule has 0 amide bonds. The number of aliphatic imine (C=N–C) groups is 1. The molecule has 20 heavy (non-hydrogen) atoms. The van der Waals surface area contributed by atoms with Crippen LogP contribution in [-0.4, -0.2) is 41.9 Å². The molecule has 6 heteroatoms. The summed E-state index contributed by atoms with van der Waals surface area (Å²) in [7, 11) is -2.86. The molecule has 0 bridgehead atoms. The quantitative estimate of drug-likeness (QED) is 0.806. The topological polar surface area (TPSA) is 58.5 Å². The van der Waals surface area contributed by atoms with Crippen molar-refractivity contribution in [2.24, 2.45) is 10.9 Å². The lowest BCUT2D eigenvalue weighted by atomic mass is 9.79. The summed E-state index contributed by atoms with van der Waals surface area (Å²) in [5.74, 6) is 2.43. The number of rotatable bonds is 1. The fourth-order valence-corrected chi connectivity index (χ4v) is 6.90. The minimum absolute atomic E-state index is 0.132. The summed E-state index contributed by atoms with van der Waals surface area (Å²) in [5, 5.41) is 4.40. The van der Waals surface area contributed by atoms with E-state index in [1.54, 1.807) is 11.8 Å². The first-order chi connectivity index (χ1) is 9.30. The van der Waals surface area contributed by atoms with E-state index in [0.29, 0.717) is 12.2 Å². The summed E-state index contributed by atoms with van der Waals surface area (Å²) in [6.07, 6.45) is 5.59. The fourth-order valence-electron chi connectivity index (χ4n) is 3.47. The Labute approximate surface area is 126 Å². The van der Waals surface area contributed by atoms with Crippen LogP contribution in [0.3, 0.4) is 0 Å². The van der Waals surface area contributed by atoms with Crippen LogP contribution < -0.4 is 5.32 Å². The highest BCUT2D eigenvalue weighted by Gasteiger charge is 2.43. The lowest BCUT2D eigenvalue weighted by molar-refractivity contribution is 0.273. The minimum Gasteiger partial charge on any atom is -0.359 e. The highest BCUT2D eigenvalue weighted by molar-refractivity contribution is 8.14. The Hall–Kier alpha value is -0.230. The van der Waals surface area contributed by atoms with Crippen molar-refractivity contribution < 1.29 is 8.42 Å². The largest absolute Gasteiger partial charge is 0.359 e. The van der Waals surface area contributed by atoms with Gasteiger partial charge in [-0.25, -0.2) is 8.42 Å². The molecule has 2 fully saturated rings. The molecule has 1 aliphatic carbocycles. The molecule has 3 rings (SSSR count). The molecule has 1 spiro atoms. The smallest absolute Gasteiger partial charge is 0.157 e. The summed E-state index contributed by atoms with van der Waals surface area (Å²) >= 11 is 1.78. The van der Waals surface area contributed by atoms with E-state index in [4.69, 9.17) is 4.99 Å². The Balaban J connectivity index is 1.67. The summed E-state index contributed by atoms with van der Waals surface area (Å²) in [6, 6.07) is 0. The second-order valence-electron chi connectivity index (χ2n) is 7.14. The molecule has 1 unspecified atom stereocenters. The molecule has 4 nitrogen and oxygen atoms in total. The SMILES string of the molecule is CC1CCC2(CC1)CSC(NC1(C)CCS(=O)(=O)C1)=N2. The van der Waals surface area contributed by atoms with E-state index in [1.807, 2.05) is 6.92 Å². The van der Waals surface area contributed by atoms with E-state index in [1.165, 1.54) is 25.7 Å². The third-order valence-electron chi connectivity index (χ3n) is 4.93. The maximum atomic E-state index is 11.7. The minimum atomic E-state index is -2.86. The maximum absolute atomic E-state index is 11.7. The molecule has 0 aromatic heterocycles. The summed E-state index contributed by atoms with van der Waals surface area (Å²) in [5.41, 5.74) is -0.189. The van der Waals surface area contributed by atoms with Crippen LogP contribution in [0.4, 0.5) is 0 Å². The molecule has 1 saturated carbocycles. The first kappa shape index (κ1) is 14.7. The van der Waals surface area contributed by atoms with Gasteiger partial charge in [0.2, 0.25) is 0 Å². The van der Waals surface area contributed by atoms with Crippen LogP contribution >= 0.6 is 11.8 Å². The zero-order chi connectivity index (χ0) is 14.4. The second-order valence-corrected chi connectivity index (χ2v) is 10.3. The van der Waals surface area contributed by atoms with Gasteiger partial charge in [0.1, 0.15) is 0 Å². The van der Waals surface area contributed by atoms with Crippen LogP contribution in [-0.2, 0) is 9.84 Å². The molecular weight excluding hydrogens is 292 g/mol. The molecule has 0 aromatic carbocycles. The van der Waals surface area contributed by atoms with Crippen molar-refractivity contribution in [3.63, 3.8) is 0 Å². The standard InChI is InChI=1S/C14H24N2O2S2/c1-11-3-5-14(6-4-11)9-19-12(16-14)15-13(2)7-8-20(17,18)10-13/h11H,3-10H2,1-2H3,(H,15,16). The number of thioether (sulfide) groups is 1. The van der Waals surface area contributed by atoms with Gasteiger partial charge in [-0.2, -0.15) is 0 Å². The van der Waals surface area contributed by atoms with E-state index < -0.39 is 9.84 Å². The molecule has 114 valence electrons. The van der Waals surface area contributed by atoms with Gasteiger partial charge in [-0.1, -0.05) is 18.7 Å². The van der Waals surface area contributed by atoms with Crippen LogP contribution in [0.2, 0.25) is 0 Å². The Morgan fingerprint density at radius 1 is 1.30 bits per heavy atom. The van der Waals surface area contributed by atoms with Gasteiger partial charge in [0.25, 0.3) is 0 Å². The monoisotopic (exact) mass is 316 g/mol. The first-order valence-corrected chi connectivity index (χ1v) is 10.3. The van der Waals surface area contributed by atoms with E-state index in [2.05, 4.69) is 12.2 Å². The number of amidine groups is 1. The lowest BCUT2D eigenvalue weighted by Crippen LogP contribution is -2.45. The predicted octanol–water partition coefficient (Wildman–Crippen LogP) is 2.20. The molecule has 3 aliphatic rings. The highest BCUT2D eigenvalue weighted by atomic mass is 32.2. The molecular formula is C14H24N2O2S2. The molecule has 1 atom stereocenters. The first-order valence-electron chi connectivity index (χ1n) is 7.51. The number of nitrogens with zero attached hydrogens (tertiary/aromatic N) is 1. The van der Waals surface area contributed by atoms with Gasteiger partial charge in [-0.05, 0) is 44.9 Å². The molecule has 1 saturated heterocycles. The molecule has 2 aliphatic heterocycles. The second kappa shape index (κ2) is 4.90. The number of hydrogen-bond acceptors (Lipinski definition) is 5. The highest BCUT2D eigenvalue weighted by Crippen LogP contribution is 2.41. The normalized spacial score (nSPS) is 43.7. The summed E-state index contributed by atoms with van der Waals surface area (Å²) < 4.78 is 23.3. The van der Waals surface area contributed by atoms with Gasteiger partial charge >= 0.3 is 0 Å². The van der Waals surface area contributed by atoms with Crippen molar-refractivity contribution in [2.75, 3.05) is 17.3 Å². The van der Waals surface area contributed by atoms with Crippen molar-refractivity contribution >= 4 is 26.8 Å². The van der Waals surface area contributed by atoms with Crippen molar-refractivity contribution in [1.82, 2.24) is 5.32 Å². The van der Waals surface area contributed by atoms with Crippen molar-refractivity contribution in [3.05, 3.63) is 0 Å². The van der Waals surface area contributed by atoms with Crippen LogP contribution in [0.1, 0.15) is 46.0 Å². The zero-order valence-electron chi connectivity index (χ0n) is 12.3. The number of nitrogens with one attached hydrogen (secondary N) is 1. The fraction of sp³-hybridized carbons (Fsp3) is 0.929. The molecule has 1 N–H and O–H groups in total. The Kier molecular flexibility index (Phi) is 3.60. The van der Waals surface area contributed by atoms with Crippen LogP contribution in [0, 0.1) is 5.92 Å². The Morgan fingerprint density at radius 3 is 2.60 bits per heavy atom. The van der Waals surface area contributed by atoms with Gasteiger partial charge in [-0.15, -0.1) is 0 Å². The van der Waals surface area contributed by atoms with Gasteiger partial charge in [0, 0.05) is 5.75 Å². The van der Waals surface area contributed by atoms with Crippen molar-refractivity contribution in [2.45, 2.75) is 57.0 Å². The van der Waals surface area contributed by atoms with Crippen LogP contribution in [0.25, 0.3) is 0 Å². The van der Waals surface area contributed by atoms with Crippen molar-refractivity contribution in [1.29, 1.82) is 0 Å². The van der Waals surface area contributed by atoms with E-state index in [0.717, 1.165) is 16.8 Å². The molecule has 2 heterocycles. The summed E-state index contributed by atoms with van der Waals surface area (Å²) in [6.45, 7) is 4.33. The van der Waals surface area contributed by atoms with E-state index in [9.17, 15) is 8.42 Å². The number of hydrogen-bond donors (Lipinski definition) is 1. The van der Waals surface area contributed by atoms with Gasteiger partial charge in [-0.3, -0.25) is 4.99 Å². The van der Waals surface area contributed by atoms with Gasteiger partial charge in [0.15, 0.2) is 15.0 Å². The maximum Gasteiger partial charge on any atom is 0.157 e. The summed E-state index contributed by atoms with van der Waals surface area (Å²) in [4.78, 5) is 4.94. The Bertz CT molecular complexity index is 521. The van der Waals surface area contributed by atoms with Crippen LogP contribution in [0.15, 0.2) is 4.99 Å². The zero-order valence-corrected chi connectivity index (χ0v) is 13.9. The number of sulfone groups is 1. The van der Waals surface area contributed by atoms with Crippen LogP contribution in [0.5, 0.6) is 0 Å².